The SMILES string of the molecule is CCCCOCCOC(=O)Nc1cccc2c(NC(=O)OCCOCCCC)cccc12. The van der Waals surface area contributed by atoms with Crippen LogP contribution in [0.2, 0.25) is 0 Å². The van der Waals surface area contributed by atoms with Crippen LogP contribution in [-0.2, 0) is 18.9 Å². The Hall–Kier alpha value is -2.84. The first-order chi connectivity index (χ1) is 15.7. The molecule has 0 fully saturated rings. The molecule has 0 atom stereocenters. The molecule has 0 aliphatic heterocycles. The predicted octanol–water partition coefficient (Wildman–Crippen LogP) is 5.57. The Morgan fingerprint density at radius 2 is 1.09 bits per heavy atom. The van der Waals surface area contributed by atoms with E-state index in [1.165, 1.54) is 0 Å². The molecule has 0 bridgehead atoms. The molecule has 8 nitrogen and oxygen atoms in total. The van der Waals surface area contributed by atoms with Gasteiger partial charge in [0, 0.05) is 24.0 Å². The minimum atomic E-state index is -0.558. The van der Waals surface area contributed by atoms with E-state index in [0.717, 1.165) is 36.5 Å². The number of unbranched alkanes of at least 4 members (excludes halogenated alkanes) is 2. The number of fused-ring (bicyclic) bond motifs is 1. The molecule has 2 aromatic rings. The molecule has 0 aliphatic carbocycles. The van der Waals surface area contributed by atoms with Crippen LogP contribution in [-0.4, -0.2) is 51.8 Å². The fourth-order valence-electron chi connectivity index (χ4n) is 2.90. The number of hydrogen-bond acceptors (Lipinski definition) is 6. The van der Waals surface area contributed by atoms with Crippen molar-refractivity contribution in [3.63, 3.8) is 0 Å². The average Bonchev–Trinajstić information content (AvgIpc) is 2.79. The van der Waals surface area contributed by atoms with Crippen LogP contribution in [0.15, 0.2) is 36.4 Å². The third-order valence-corrected chi connectivity index (χ3v) is 4.60. The lowest BCUT2D eigenvalue weighted by molar-refractivity contribution is 0.0767. The zero-order valence-corrected chi connectivity index (χ0v) is 19.0. The van der Waals surface area contributed by atoms with Gasteiger partial charge in [-0.25, -0.2) is 9.59 Å². The third kappa shape index (κ3) is 9.11. The maximum atomic E-state index is 12.1. The van der Waals surface area contributed by atoms with E-state index in [9.17, 15) is 9.59 Å². The lowest BCUT2D eigenvalue weighted by Gasteiger charge is -2.13. The number of anilines is 2. The molecule has 0 heterocycles. The molecule has 0 unspecified atom stereocenters. The Morgan fingerprint density at radius 1 is 0.656 bits per heavy atom. The summed E-state index contributed by atoms with van der Waals surface area (Å²) in [7, 11) is 0. The monoisotopic (exact) mass is 446 g/mol. The molecular weight excluding hydrogens is 412 g/mol. The third-order valence-electron chi connectivity index (χ3n) is 4.60. The number of ether oxygens (including phenoxy) is 4. The molecule has 8 heteroatoms. The molecule has 2 rings (SSSR count). The summed E-state index contributed by atoms with van der Waals surface area (Å²) in [5, 5.41) is 7.03. The zero-order chi connectivity index (χ0) is 23.0. The molecule has 0 saturated carbocycles. The van der Waals surface area contributed by atoms with Gasteiger partial charge in [-0.2, -0.15) is 0 Å². The van der Waals surface area contributed by atoms with Crippen molar-refractivity contribution in [2.75, 3.05) is 50.3 Å². The van der Waals surface area contributed by atoms with Crippen molar-refractivity contribution in [2.24, 2.45) is 0 Å². The molecule has 0 spiro atoms. The van der Waals surface area contributed by atoms with Gasteiger partial charge in [0.15, 0.2) is 0 Å². The predicted molar refractivity (Wildman–Crippen MR) is 125 cm³/mol. The molecule has 0 saturated heterocycles. The normalized spacial score (nSPS) is 10.7. The zero-order valence-electron chi connectivity index (χ0n) is 19.0. The van der Waals surface area contributed by atoms with Crippen LogP contribution in [0.4, 0.5) is 21.0 Å². The van der Waals surface area contributed by atoms with Gasteiger partial charge in [0.05, 0.1) is 24.6 Å². The van der Waals surface area contributed by atoms with Gasteiger partial charge in [-0.15, -0.1) is 0 Å². The van der Waals surface area contributed by atoms with Crippen LogP contribution in [0.25, 0.3) is 10.8 Å². The summed E-state index contributed by atoms with van der Waals surface area (Å²) >= 11 is 0. The highest BCUT2D eigenvalue weighted by Gasteiger charge is 2.11. The molecule has 0 radical (unpaired) electrons. The fourth-order valence-corrected chi connectivity index (χ4v) is 2.90. The van der Waals surface area contributed by atoms with E-state index in [4.69, 9.17) is 18.9 Å². The maximum absolute atomic E-state index is 12.1. The second-order valence-electron chi connectivity index (χ2n) is 7.16. The molecule has 0 aliphatic rings. The number of nitrogens with one attached hydrogen (secondary N) is 2. The van der Waals surface area contributed by atoms with Gasteiger partial charge in [0.25, 0.3) is 0 Å². The average molecular weight is 447 g/mol. The van der Waals surface area contributed by atoms with Crippen molar-refractivity contribution in [2.45, 2.75) is 39.5 Å². The minimum Gasteiger partial charge on any atom is -0.447 e. The molecule has 2 amide bonds. The Balaban J connectivity index is 1.88. The highest BCUT2D eigenvalue weighted by Crippen LogP contribution is 2.29. The van der Waals surface area contributed by atoms with Crippen LogP contribution in [0.1, 0.15) is 39.5 Å². The van der Waals surface area contributed by atoms with Gasteiger partial charge in [-0.05, 0) is 25.0 Å². The second-order valence-corrected chi connectivity index (χ2v) is 7.16. The highest BCUT2D eigenvalue weighted by molar-refractivity contribution is 6.07. The van der Waals surface area contributed by atoms with Crippen molar-refractivity contribution in [1.29, 1.82) is 0 Å². The summed E-state index contributed by atoms with van der Waals surface area (Å²) in [6.45, 7) is 6.59. The Labute approximate surface area is 189 Å². The van der Waals surface area contributed by atoms with Crippen molar-refractivity contribution in [1.82, 2.24) is 0 Å². The minimum absolute atomic E-state index is 0.182. The standard InChI is InChI=1S/C24H34N2O6/c1-3-5-13-29-15-17-31-23(27)25-21-11-7-10-20-19(21)9-8-12-22(20)26-24(28)32-18-16-30-14-6-4-2/h7-12H,3-6,13-18H2,1-2H3,(H,25,27)(H,26,28). The molecule has 176 valence electrons. The van der Waals surface area contributed by atoms with Crippen molar-refractivity contribution in [3.8, 4) is 0 Å². The number of benzene rings is 2. The van der Waals surface area contributed by atoms with Gasteiger partial charge in [0.2, 0.25) is 0 Å². The maximum Gasteiger partial charge on any atom is 0.411 e. The van der Waals surface area contributed by atoms with E-state index in [1.54, 1.807) is 24.3 Å². The molecular formula is C24H34N2O6. The van der Waals surface area contributed by atoms with Crippen molar-refractivity contribution >= 4 is 34.3 Å². The highest BCUT2D eigenvalue weighted by atomic mass is 16.6. The van der Waals surface area contributed by atoms with Gasteiger partial charge in [0.1, 0.15) is 13.2 Å². The lowest BCUT2D eigenvalue weighted by Crippen LogP contribution is -2.18. The second kappa shape index (κ2) is 15.0. The summed E-state index contributed by atoms with van der Waals surface area (Å²) in [4.78, 5) is 24.3. The van der Waals surface area contributed by atoms with Crippen LogP contribution >= 0.6 is 0 Å². The summed E-state index contributed by atoms with van der Waals surface area (Å²) in [5.41, 5.74) is 1.17. The van der Waals surface area contributed by atoms with Crippen LogP contribution in [0.3, 0.4) is 0 Å². The number of amides is 2. The quantitative estimate of drug-likeness (QED) is 0.368. The topological polar surface area (TPSA) is 95.1 Å². The Kier molecular flexibility index (Phi) is 12.0. The summed E-state index contributed by atoms with van der Waals surface area (Å²) in [6, 6.07) is 10.9. The van der Waals surface area contributed by atoms with Gasteiger partial charge < -0.3 is 18.9 Å². The summed E-state index contributed by atoms with van der Waals surface area (Å²) in [5.74, 6) is 0. The van der Waals surface area contributed by atoms with E-state index in [1.807, 2.05) is 12.1 Å². The van der Waals surface area contributed by atoms with E-state index >= 15 is 0 Å². The first-order valence-corrected chi connectivity index (χ1v) is 11.2. The number of carbonyl (C=O) groups is 2. The van der Waals surface area contributed by atoms with Gasteiger partial charge in [-0.3, -0.25) is 10.6 Å². The van der Waals surface area contributed by atoms with Crippen LogP contribution in [0.5, 0.6) is 0 Å². The number of hydrogen-bond donors (Lipinski definition) is 2. The largest absolute Gasteiger partial charge is 0.447 e. The van der Waals surface area contributed by atoms with Crippen molar-refractivity contribution in [3.05, 3.63) is 36.4 Å². The van der Waals surface area contributed by atoms with Gasteiger partial charge in [-0.1, -0.05) is 51.0 Å². The van der Waals surface area contributed by atoms with E-state index in [0.29, 0.717) is 37.8 Å². The first-order valence-electron chi connectivity index (χ1n) is 11.2. The summed E-state index contributed by atoms with van der Waals surface area (Å²) in [6.07, 6.45) is 2.97. The Bertz CT molecular complexity index is 773. The van der Waals surface area contributed by atoms with E-state index < -0.39 is 12.2 Å². The van der Waals surface area contributed by atoms with Crippen LogP contribution < -0.4 is 10.6 Å². The lowest BCUT2D eigenvalue weighted by atomic mass is 10.1. The summed E-state index contributed by atoms with van der Waals surface area (Å²) < 4.78 is 21.1. The van der Waals surface area contributed by atoms with Crippen LogP contribution in [0, 0.1) is 0 Å². The van der Waals surface area contributed by atoms with Gasteiger partial charge >= 0.3 is 12.2 Å². The Morgan fingerprint density at radius 3 is 1.50 bits per heavy atom. The van der Waals surface area contributed by atoms with E-state index in [-0.39, 0.29) is 13.2 Å². The molecule has 32 heavy (non-hydrogen) atoms. The fraction of sp³-hybridized carbons (Fsp3) is 0.500. The molecule has 2 aromatic carbocycles. The van der Waals surface area contributed by atoms with Crippen molar-refractivity contribution < 1.29 is 28.5 Å². The number of rotatable bonds is 14. The smallest absolute Gasteiger partial charge is 0.411 e. The first kappa shape index (κ1) is 25.4. The molecule has 0 aromatic heterocycles. The number of carbonyl (C=O) groups excluding carboxylic acids is 2. The van der Waals surface area contributed by atoms with E-state index in [2.05, 4.69) is 24.5 Å². The molecule has 2 N–H and O–H groups in total.